The summed E-state index contributed by atoms with van der Waals surface area (Å²) >= 11 is 0. The maximum absolute atomic E-state index is 4.14. The second kappa shape index (κ2) is 5.85. The second-order valence-electron chi connectivity index (χ2n) is 7.33. The standard InChI is InChI=1S/C22H23N3/c1-16(17-8-10-23-11-9-17)14-25-21-7-3-2-6-19(21)20-15-24-12-4-5-18(24)13-22(20)25/h2-3,6-11,14,18H,4-5,12-13,15H2,1H3/b16-14+. The Hall–Kier alpha value is -2.39. The number of pyridine rings is 1. The van der Waals surface area contributed by atoms with Crippen molar-refractivity contribution in [2.24, 2.45) is 0 Å². The molecule has 0 amide bonds. The van der Waals surface area contributed by atoms with E-state index in [4.69, 9.17) is 0 Å². The maximum atomic E-state index is 4.14. The molecule has 3 aromatic rings. The van der Waals surface area contributed by atoms with Gasteiger partial charge < -0.3 is 4.57 Å². The van der Waals surface area contributed by atoms with Crippen molar-refractivity contribution in [1.82, 2.24) is 14.5 Å². The highest BCUT2D eigenvalue weighted by molar-refractivity contribution is 5.90. The summed E-state index contributed by atoms with van der Waals surface area (Å²) in [5.74, 6) is 0. The number of allylic oxidation sites excluding steroid dienone is 1. The van der Waals surface area contributed by atoms with Gasteiger partial charge in [0.15, 0.2) is 0 Å². The van der Waals surface area contributed by atoms with Crippen molar-refractivity contribution < 1.29 is 0 Å². The third kappa shape index (κ3) is 2.42. The molecule has 1 fully saturated rings. The van der Waals surface area contributed by atoms with E-state index in [9.17, 15) is 0 Å². The molecule has 1 unspecified atom stereocenters. The van der Waals surface area contributed by atoms with Gasteiger partial charge in [0, 0.05) is 48.7 Å². The minimum Gasteiger partial charge on any atom is -0.320 e. The summed E-state index contributed by atoms with van der Waals surface area (Å²) in [7, 11) is 0. The van der Waals surface area contributed by atoms with Gasteiger partial charge in [0.1, 0.15) is 0 Å². The van der Waals surface area contributed by atoms with E-state index >= 15 is 0 Å². The summed E-state index contributed by atoms with van der Waals surface area (Å²) in [5, 5.41) is 1.42. The molecule has 5 rings (SSSR count). The molecule has 0 spiro atoms. The summed E-state index contributed by atoms with van der Waals surface area (Å²) in [6.45, 7) is 4.56. The van der Waals surface area contributed by atoms with Gasteiger partial charge in [-0.1, -0.05) is 18.2 Å². The number of fused-ring (bicyclic) bond motifs is 4. The number of benzene rings is 1. The molecule has 25 heavy (non-hydrogen) atoms. The number of aromatic nitrogens is 2. The highest BCUT2D eigenvalue weighted by Gasteiger charge is 2.33. The van der Waals surface area contributed by atoms with Crippen LogP contribution in [0.25, 0.3) is 22.7 Å². The Morgan fingerprint density at radius 2 is 2.00 bits per heavy atom. The molecule has 0 radical (unpaired) electrons. The predicted octanol–water partition coefficient (Wildman–Crippen LogP) is 4.57. The monoisotopic (exact) mass is 329 g/mol. The molecular formula is C22H23N3. The predicted molar refractivity (Wildman–Crippen MR) is 103 cm³/mol. The maximum Gasteiger partial charge on any atom is 0.0528 e. The van der Waals surface area contributed by atoms with Crippen molar-refractivity contribution >= 4 is 22.7 Å². The fraction of sp³-hybridized carbons (Fsp3) is 0.318. The first-order valence-electron chi connectivity index (χ1n) is 9.25. The third-order valence-electron chi connectivity index (χ3n) is 5.88. The molecule has 1 atom stereocenters. The topological polar surface area (TPSA) is 21.1 Å². The Kier molecular flexibility index (Phi) is 3.49. The smallest absolute Gasteiger partial charge is 0.0528 e. The van der Waals surface area contributed by atoms with Gasteiger partial charge >= 0.3 is 0 Å². The van der Waals surface area contributed by atoms with Gasteiger partial charge in [0.05, 0.1) is 5.52 Å². The first-order chi connectivity index (χ1) is 12.3. The van der Waals surface area contributed by atoms with Crippen LogP contribution in [-0.2, 0) is 13.0 Å². The zero-order valence-corrected chi connectivity index (χ0v) is 14.7. The first-order valence-corrected chi connectivity index (χ1v) is 9.25. The summed E-state index contributed by atoms with van der Waals surface area (Å²) < 4.78 is 2.45. The van der Waals surface area contributed by atoms with Crippen LogP contribution in [0.1, 0.15) is 36.6 Å². The molecule has 3 heteroatoms. The highest BCUT2D eigenvalue weighted by Crippen LogP contribution is 2.37. The van der Waals surface area contributed by atoms with E-state index in [0.717, 1.165) is 12.6 Å². The van der Waals surface area contributed by atoms with Crippen LogP contribution in [0.3, 0.4) is 0 Å². The molecule has 0 N–H and O–H groups in total. The van der Waals surface area contributed by atoms with E-state index in [1.807, 2.05) is 12.4 Å². The molecule has 1 saturated heterocycles. The fourth-order valence-corrected chi connectivity index (χ4v) is 4.57. The minimum absolute atomic E-state index is 0.727. The molecular weight excluding hydrogens is 306 g/mol. The fourth-order valence-electron chi connectivity index (χ4n) is 4.57. The summed E-state index contributed by atoms with van der Waals surface area (Å²) in [6, 6.07) is 13.8. The van der Waals surface area contributed by atoms with Crippen molar-refractivity contribution in [2.75, 3.05) is 6.54 Å². The van der Waals surface area contributed by atoms with Gasteiger partial charge in [-0.25, -0.2) is 0 Å². The molecule has 2 aromatic heterocycles. The average Bonchev–Trinajstić information content (AvgIpc) is 3.24. The van der Waals surface area contributed by atoms with Gasteiger partial charge in [0.2, 0.25) is 0 Å². The van der Waals surface area contributed by atoms with E-state index in [-0.39, 0.29) is 0 Å². The SMILES string of the molecule is C/C(=C\n1c2c(c3ccccc31)CN1CCCC1C2)c1ccncc1. The van der Waals surface area contributed by atoms with Crippen LogP contribution >= 0.6 is 0 Å². The van der Waals surface area contributed by atoms with Crippen LogP contribution in [0, 0.1) is 0 Å². The summed E-state index contributed by atoms with van der Waals surface area (Å²) in [4.78, 5) is 6.82. The molecule has 0 aliphatic carbocycles. The molecule has 4 heterocycles. The number of hydrogen-bond acceptors (Lipinski definition) is 2. The number of nitrogens with zero attached hydrogens (tertiary/aromatic N) is 3. The number of rotatable bonds is 2. The van der Waals surface area contributed by atoms with Crippen LogP contribution in [-0.4, -0.2) is 27.0 Å². The summed E-state index contributed by atoms with van der Waals surface area (Å²) in [5.41, 5.74) is 6.90. The lowest BCUT2D eigenvalue weighted by Crippen LogP contribution is -2.35. The molecule has 2 aliphatic heterocycles. The van der Waals surface area contributed by atoms with Crippen molar-refractivity contribution in [3.05, 3.63) is 65.6 Å². The quantitative estimate of drug-likeness (QED) is 0.686. The van der Waals surface area contributed by atoms with Gasteiger partial charge in [-0.2, -0.15) is 0 Å². The molecule has 126 valence electrons. The first kappa shape index (κ1) is 14.9. The lowest BCUT2D eigenvalue weighted by molar-refractivity contribution is 0.226. The molecule has 3 nitrogen and oxygen atoms in total. The lowest BCUT2D eigenvalue weighted by Gasteiger charge is -2.30. The Labute approximate surface area is 148 Å². The van der Waals surface area contributed by atoms with Crippen molar-refractivity contribution in [3.63, 3.8) is 0 Å². The van der Waals surface area contributed by atoms with E-state index in [0.29, 0.717) is 0 Å². The average molecular weight is 329 g/mol. The van der Waals surface area contributed by atoms with Crippen molar-refractivity contribution in [1.29, 1.82) is 0 Å². The van der Waals surface area contributed by atoms with Crippen LogP contribution in [0.5, 0.6) is 0 Å². The number of para-hydroxylation sites is 1. The largest absolute Gasteiger partial charge is 0.320 e. The zero-order chi connectivity index (χ0) is 16.8. The Morgan fingerprint density at radius 1 is 1.16 bits per heavy atom. The van der Waals surface area contributed by atoms with E-state index in [1.54, 1.807) is 0 Å². The van der Waals surface area contributed by atoms with E-state index in [2.05, 4.69) is 64.0 Å². The number of hydrogen-bond donors (Lipinski definition) is 0. The van der Waals surface area contributed by atoms with Crippen LogP contribution in [0.15, 0.2) is 48.8 Å². The zero-order valence-electron chi connectivity index (χ0n) is 14.7. The van der Waals surface area contributed by atoms with Crippen LogP contribution < -0.4 is 0 Å². The second-order valence-corrected chi connectivity index (χ2v) is 7.33. The van der Waals surface area contributed by atoms with Crippen molar-refractivity contribution in [3.8, 4) is 0 Å². The molecule has 0 saturated carbocycles. The molecule has 1 aromatic carbocycles. The van der Waals surface area contributed by atoms with Crippen LogP contribution in [0.4, 0.5) is 0 Å². The van der Waals surface area contributed by atoms with Crippen LogP contribution in [0.2, 0.25) is 0 Å². The third-order valence-corrected chi connectivity index (χ3v) is 5.88. The minimum atomic E-state index is 0.727. The normalized spacial score (nSPS) is 20.7. The van der Waals surface area contributed by atoms with Gasteiger partial charge in [-0.15, -0.1) is 0 Å². The van der Waals surface area contributed by atoms with Gasteiger partial charge in [-0.05, 0) is 61.2 Å². The molecule has 0 bridgehead atoms. The van der Waals surface area contributed by atoms with E-state index in [1.165, 1.54) is 59.1 Å². The van der Waals surface area contributed by atoms with Gasteiger partial charge in [0.25, 0.3) is 0 Å². The Balaban J connectivity index is 1.68. The van der Waals surface area contributed by atoms with Gasteiger partial charge in [-0.3, -0.25) is 9.88 Å². The van der Waals surface area contributed by atoms with Crippen molar-refractivity contribution in [2.45, 2.75) is 38.8 Å². The lowest BCUT2D eigenvalue weighted by atomic mass is 9.99. The van der Waals surface area contributed by atoms with E-state index < -0.39 is 0 Å². The highest BCUT2D eigenvalue weighted by atomic mass is 15.2. The summed E-state index contributed by atoms with van der Waals surface area (Å²) in [6.07, 6.45) is 9.91. The Morgan fingerprint density at radius 3 is 2.88 bits per heavy atom. The Bertz CT molecular complexity index is 952. The molecule has 2 aliphatic rings.